The maximum atomic E-state index is 11.8. The van der Waals surface area contributed by atoms with Crippen molar-refractivity contribution in [3.05, 3.63) is 0 Å². The predicted molar refractivity (Wildman–Crippen MR) is 72.0 cm³/mol. The number of likely N-dealkylation sites (tertiary alicyclic amines) is 1. The molecule has 0 bridgehead atoms. The third kappa shape index (κ3) is 3.98. The summed E-state index contributed by atoms with van der Waals surface area (Å²) in [7, 11) is 1.97. The van der Waals surface area contributed by atoms with Crippen LogP contribution in [0.25, 0.3) is 0 Å². The molecule has 3 heteroatoms. The largest absolute Gasteiger partial charge is 0.343 e. The molecule has 1 amide bonds. The van der Waals surface area contributed by atoms with Crippen LogP contribution in [0.1, 0.15) is 53.4 Å². The van der Waals surface area contributed by atoms with E-state index in [1.165, 1.54) is 0 Å². The van der Waals surface area contributed by atoms with E-state index in [4.69, 9.17) is 0 Å². The van der Waals surface area contributed by atoms with Gasteiger partial charge in [-0.05, 0) is 40.0 Å². The zero-order chi connectivity index (χ0) is 13.1. The molecule has 0 aromatic rings. The molecule has 0 spiro atoms. The summed E-state index contributed by atoms with van der Waals surface area (Å²) >= 11 is 0. The maximum Gasteiger partial charge on any atom is 0.222 e. The normalized spacial score (nSPS) is 19.4. The lowest BCUT2D eigenvalue weighted by molar-refractivity contribution is -0.133. The fourth-order valence-electron chi connectivity index (χ4n) is 2.52. The number of carbonyl (C=O) groups is 1. The van der Waals surface area contributed by atoms with Crippen LogP contribution >= 0.6 is 0 Å². The molecule has 1 saturated heterocycles. The van der Waals surface area contributed by atoms with Crippen molar-refractivity contribution in [3.8, 4) is 0 Å². The molecule has 1 aliphatic heterocycles. The van der Waals surface area contributed by atoms with Crippen LogP contribution in [0.15, 0.2) is 0 Å². The molecule has 0 aliphatic carbocycles. The van der Waals surface area contributed by atoms with E-state index in [0.717, 1.165) is 32.4 Å². The van der Waals surface area contributed by atoms with Gasteiger partial charge in [0.05, 0.1) is 0 Å². The second kappa shape index (κ2) is 5.85. The van der Waals surface area contributed by atoms with Gasteiger partial charge in [-0.2, -0.15) is 0 Å². The van der Waals surface area contributed by atoms with Crippen LogP contribution < -0.4 is 0 Å². The van der Waals surface area contributed by atoms with E-state index in [-0.39, 0.29) is 5.54 Å². The molecule has 0 unspecified atom stereocenters. The molecule has 17 heavy (non-hydrogen) atoms. The zero-order valence-electron chi connectivity index (χ0n) is 12.1. The number of amides is 1. The molecular formula is C14H28N2O. The van der Waals surface area contributed by atoms with Gasteiger partial charge in [-0.25, -0.2) is 0 Å². The summed E-state index contributed by atoms with van der Waals surface area (Å²) < 4.78 is 0. The quantitative estimate of drug-likeness (QED) is 0.757. The Bertz CT molecular complexity index is 249. The number of carbonyl (C=O) groups excluding carboxylic acids is 1. The van der Waals surface area contributed by atoms with Gasteiger partial charge >= 0.3 is 0 Å². The summed E-state index contributed by atoms with van der Waals surface area (Å²) in [6.07, 6.45) is 3.87. The number of hydrogen-bond acceptors (Lipinski definition) is 2. The first-order chi connectivity index (χ1) is 7.86. The molecule has 0 saturated carbocycles. The van der Waals surface area contributed by atoms with Crippen LogP contribution in [0.2, 0.25) is 0 Å². The third-order valence-electron chi connectivity index (χ3n) is 3.82. The maximum absolute atomic E-state index is 11.8. The summed E-state index contributed by atoms with van der Waals surface area (Å²) in [4.78, 5) is 16.3. The van der Waals surface area contributed by atoms with Crippen molar-refractivity contribution in [2.24, 2.45) is 0 Å². The third-order valence-corrected chi connectivity index (χ3v) is 3.82. The highest BCUT2D eigenvalue weighted by Crippen LogP contribution is 2.22. The SMILES string of the molecule is CCCC(=O)N(C)C1CCN(C(C)(C)C)CC1. The Balaban J connectivity index is 2.44. The van der Waals surface area contributed by atoms with Crippen molar-refractivity contribution in [1.82, 2.24) is 9.80 Å². The van der Waals surface area contributed by atoms with Crippen LogP contribution in [0.3, 0.4) is 0 Å². The van der Waals surface area contributed by atoms with Gasteiger partial charge in [0.15, 0.2) is 0 Å². The van der Waals surface area contributed by atoms with Gasteiger partial charge < -0.3 is 4.90 Å². The van der Waals surface area contributed by atoms with Crippen molar-refractivity contribution >= 4 is 5.91 Å². The van der Waals surface area contributed by atoms with Crippen molar-refractivity contribution in [3.63, 3.8) is 0 Å². The van der Waals surface area contributed by atoms with E-state index in [1.807, 2.05) is 11.9 Å². The number of piperidine rings is 1. The highest BCUT2D eigenvalue weighted by molar-refractivity contribution is 5.76. The Labute approximate surface area is 106 Å². The van der Waals surface area contributed by atoms with Crippen molar-refractivity contribution in [2.45, 2.75) is 65.0 Å². The molecule has 3 nitrogen and oxygen atoms in total. The summed E-state index contributed by atoms with van der Waals surface area (Å²) in [6, 6.07) is 0.452. The average molecular weight is 240 g/mol. The first-order valence-electron chi connectivity index (χ1n) is 6.87. The van der Waals surface area contributed by atoms with Gasteiger partial charge in [-0.15, -0.1) is 0 Å². The minimum atomic E-state index is 0.261. The van der Waals surface area contributed by atoms with E-state index in [2.05, 4.69) is 32.6 Å². The molecular weight excluding hydrogens is 212 g/mol. The summed E-state index contributed by atoms with van der Waals surface area (Å²) in [5, 5.41) is 0. The van der Waals surface area contributed by atoms with E-state index in [9.17, 15) is 4.79 Å². The second-order valence-electron chi connectivity index (χ2n) is 6.14. The van der Waals surface area contributed by atoms with Crippen molar-refractivity contribution in [2.75, 3.05) is 20.1 Å². The Morgan fingerprint density at radius 2 is 1.82 bits per heavy atom. The summed E-state index contributed by atoms with van der Waals surface area (Å²) in [6.45, 7) is 11.1. The summed E-state index contributed by atoms with van der Waals surface area (Å²) in [5.41, 5.74) is 0.261. The first-order valence-corrected chi connectivity index (χ1v) is 6.87. The lowest BCUT2D eigenvalue weighted by Crippen LogP contribution is -2.51. The summed E-state index contributed by atoms with van der Waals surface area (Å²) in [5.74, 6) is 0.307. The molecule has 100 valence electrons. The zero-order valence-corrected chi connectivity index (χ0v) is 12.1. The molecule has 0 aromatic carbocycles. The lowest BCUT2D eigenvalue weighted by atomic mass is 9.97. The van der Waals surface area contributed by atoms with Gasteiger partial charge in [0.25, 0.3) is 0 Å². The monoisotopic (exact) mass is 240 g/mol. The molecule has 1 rings (SSSR count). The minimum Gasteiger partial charge on any atom is -0.343 e. The van der Waals surface area contributed by atoms with Gasteiger partial charge in [0, 0.05) is 38.1 Å². The highest BCUT2D eigenvalue weighted by atomic mass is 16.2. The average Bonchev–Trinajstić information content (AvgIpc) is 2.27. The van der Waals surface area contributed by atoms with Crippen LogP contribution in [0.4, 0.5) is 0 Å². The Hall–Kier alpha value is -0.570. The molecule has 1 heterocycles. The fourth-order valence-corrected chi connectivity index (χ4v) is 2.52. The molecule has 0 N–H and O–H groups in total. The predicted octanol–water partition coefficient (Wildman–Crippen LogP) is 2.51. The van der Waals surface area contributed by atoms with E-state index >= 15 is 0 Å². The molecule has 0 atom stereocenters. The van der Waals surface area contributed by atoms with Gasteiger partial charge in [0.2, 0.25) is 5.91 Å². The Kier molecular flexibility index (Phi) is 4.99. The highest BCUT2D eigenvalue weighted by Gasteiger charge is 2.29. The van der Waals surface area contributed by atoms with Crippen molar-refractivity contribution < 1.29 is 4.79 Å². The van der Waals surface area contributed by atoms with Gasteiger partial charge in [-0.3, -0.25) is 9.69 Å². The smallest absolute Gasteiger partial charge is 0.222 e. The standard InChI is InChI=1S/C14H28N2O/c1-6-7-13(17)15(5)12-8-10-16(11-9-12)14(2,3)4/h12H,6-11H2,1-5H3. The fraction of sp³-hybridized carbons (Fsp3) is 0.929. The number of rotatable bonds is 3. The van der Waals surface area contributed by atoms with Crippen LogP contribution in [0.5, 0.6) is 0 Å². The topological polar surface area (TPSA) is 23.6 Å². The van der Waals surface area contributed by atoms with Gasteiger partial charge in [0.1, 0.15) is 0 Å². The minimum absolute atomic E-state index is 0.261. The molecule has 0 aromatic heterocycles. The van der Waals surface area contributed by atoms with E-state index in [1.54, 1.807) is 0 Å². The first kappa shape index (κ1) is 14.5. The van der Waals surface area contributed by atoms with E-state index < -0.39 is 0 Å². The molecule has 1 aliphatic rings. The van der Waals surface area contributed by atoms with Crippen LogP contribution in [-0.4, -0.2) is 47.4 Å². The molecule has 0 radical (unpaired) electrons. The lowest BCUT2D eigenvalue weighted by Gasteiger charge is -2.43. The number of nitrogens with zero attached hydrogens (tertiary/aromatic N) is 2. The van der Waals surface area contributed by atoms with Crippen LogP contribution in [0, 0.1) is 0 Å². The number of hydrogen-bond donors (Lipinski definition) is 0. The Morgan fingerprint density at radius 1 is 1.29 bits per heavy atom. The van der Waals surface area contributed by atoms with E-state index in [0.29, 0.717) is 18.4 Å². The Morgan fingerprint density at radius 3 is 2.24 bits per heavy atom. The second-order valence-corrected chi connectivity index (χ2v) is 6.14. The molecule has 1 fully saturated rings. The van der Waals surface area contributed by atoms with Crippen molar-refractivity contribution in [1.29, 1.82) is 0 Å². The van der Waals surface area contributed by atoms with Gasteiger partial charge in [-0.1, -0.05) is 6.92 Å². The van der Waals surface area contributed by atoms with Crippen LogP contribution in [-0.2, 0) is 4.79 Å².